The summed E-state index contributed by atoms with van der Waals surface area (Å²) in [7, 11) is 1.27. The number of carbonyl (C=O) groups excluding carboxylic acids is 1. The fraction of sp³-hybridized carbons (Fsp3) is 0.273. The fourth-order valence-corrected chi connectivity index (χ4v) is 1.41. The van der Waals surface area contributed by atoms with E-state index in [9.17, 15) is 9.59 Å². The largest absolute Gasteiger partial charge is 0.481 e. The molecule has 1 atom stereocenters. The first-order chi connectivity index (χ1) is 7.56. The van der Waals surface area contributed by atoms with Crippen molar-refractivity contribution in [3.8, 4) is 0 Å². The number of hydrogen-bond donors (Lipinski definition) is 2. The summed E-state index contributed by atoms with van der Waals surface area (Å²) in [6.07, 6.45) is -0.228. The molecule has 3 N–H and O–H groups in total. The molecule has 0 saturated heterocycles. The van der Waals surface area contributed by atoms with Gasteiger partial charge in [-0.2, -0.15) is 0 Å². The maximum atomic E-state index is 11.4. The van der Waals surface area contributed by atoms with Crippen molar-refractivity contribution in [2.24, 2.45) is 5.73 Å². The van der Waals surface area contributed by atoms with Crippen molar-refractivity contribution >= 4 is 11.9 Å². The first-order valence-corrected chi connectivity index (χ1v) is 4.71. The molecule has 0 bridgehead atoms. The molecule has 0 spiro atoms. The SMILES string of the molecule is COC(=O)c1ccccc1C(N)CC(=O)O. The molecule has 0 aliphatic carbocycles. The van der Waals surface area contributed by atoms with Crippen LogP contribution >= 0.6 is 0 Å². The van der Waals surface area contributed by atoms with Crippen LogP contribution in [0.3, 0.4) is 0 Å². The monoisotopic (exact) mass is 223 g/mol. The second-order valence-corrected chi connectivity index (χ2v) is 3.28. The van der Waals surface area contributed by atoms with Crippen LogP contribution in [0.1, 0.15) is 28.4 Å². The van der Waals surface area contributed by atoms with Gasteiger partial charge in [0.15, 0.2) is 0 Å². The first-order valence-electron chi connectivity index (χ1n) is 4.71. The quantitative estimate of drug-likeness (QED) is 0.741. The molecular formula is C11H13NO4. The highest BCUT2D eigenvalue weighted by molar-refractivity contribution is 5.91. The summed E-state index contributed by atoms with van der Waals surface area (Å²) >= 11 is 0. The van der Waals surface area contributed by atoms with Crippen molar-refractivity contribution in [3.63, 3.8) is 0 Å². The van der Waals surface area contributed by atoms with Gasteiger partial charge in [-0.05, 0) is 11.6 Å². The molecule has 5 nitrogen and oxygen atoms in total. The average Bonchev–Trinajstić information content (AvgIpc) is 2.27. The maximum absolute atomic E-state index is 11.4. The summed E-state index contributed by atoms with van der Waals surface area (Å²) in [4.78, 5) is 21.9. The Morgan fingerprint density at radius 1 is 1.44 bits per heavy atom. The van der Waals surface area contributed by atoms with E-state index < -0.39 is 18.0 Å². The van der Waals surface area contributed by atoms with Crippen LogP contribution in [0.2, 0.25) is 0 Å². The van der Waals surface area contributed by atoms with Crippen LogP contribution in [0.5, 0.6) is 0 Å². The molecule has 86 valence electrons. The Balaban J connectivity index is 3.03. The zero-order valence-corrected chi connectivity index (χ0v) is 8.84. The van der Waals surface area contributed by atoms with E-state index in [1.165, 1.54) is 7.11 Å². The smallest absolute Gasteiger partial charge is 0.338 e. The number of esters is 1. The van der Waals surface area contributed by atoms with E-state index in [1.54, 1.807) is 24.3 Å². The van der Waals surface area contributed by atoms with Crippen LogP contribution in [0.25, 0.3) is 0 Å². The Bertz CT molecular complexity index is 403. The van der Waals surface area contributed by atoms with E-state index in [1.807, 2.05) is 0 Å². The van der Waals surface area contributed by atoms with Crippen molar-refractivity contribution in [3.05, 3.63) is 35.4 Å². The predicted octanol–water partition coefficient (Wildman–Crippen LogP) is 0.948. The van der Waals surface area contributed by atoms with Gasteiger partial charge >= 0.3 is 11.9 Å². The van der Waals surface area contributed by atoms with E-state index in [0.717, 1.165) is 0 Å². The molecule has 0 aromatic heterocycles. The van der Waals surface area contributed by atoms with E-state index in [2.05, 4.69) is 4.74 Å². The molecule has 1 aromatic rings. The van der Waals surface area contributed by atoms with Gasteiger partial charge in [0.2, 0.25) is 0 Å². The number of carbonyl (C=O) groups is 2. The number of aliphatic carboxylic acids is 1. The molecule has 0 saturated carbocycles. The third-order valence-corrected chi connectivity index (χ3v) is 2.16. The molecule has 1 aromatic carbocycles. The van der Waals surface area contributed by atoms with Crippen molar-refractivity contribution in [2.45, 2.75) is 12.5 Å². The van der Waals surface area contributed by atoms with Gasteiger partial charge in [-0.25, -0.2) is 4.79 Å². The Hall–Kier alpha value is -1.88. The molecule has 0 radical (unpaired) electrons. The molecule has 16 heavy (non-hydrogen) atoms. The number of carboxylic acids is 1. The van der Waals surface area contributed by atoms with Crippen LogP contribution in [-0.4, -0.2) is 24.2 Å². The first kappa shape index (κ1) is 12.2. The lowest BCUT2D eigenvalue weighted by molar-refractivity contribution is -0.137. The second-order valence-electron chi connectivity index (χ2n) is 3.28. The Kier molecular flexibility index (Phi) is 4.02. The number of carboxylic acid groups (broad SMARTS) is 1. The van der Waals surface area contributed by atoms with Gasteiger partial charge < -0.3 is 15.6 Å². The lowest BCUT2D eigenvalue weighted by atomic mass is 9.99. The van der Waals surface area contributed by atoms with Crippen molar-refractivity contribution < 1.29 is 19.4 Å². The molecule has 5 heteroatoms. The molecule has 0 aliphatic rings. The number of benzene rings is 1. The normalized spacial score (nSPS) is 11.9. The van der Waals surface area contributed by atoms with Crippen LogP contribution in [0.4, 0.5) is 0 Å². The minimum atomic E-state index is -1.01. The standard InChI is InChI=1S/C11H13NO4/c1-16-11(15)8-5-3-2-4-7(8)9(12)6-10(13)14/h2-5,9H,6,12H2,1H3,(H,13,14). The van der Waals surface area contributed by atoms with E-state index in [-0.39, 0.29) is 6.42 Å². The number of methoxy groups -OCH3 is 1. The molecular weight excluding hydrogens is 210 g/mol. The maximum Gasteiger partial charge on any atom is 0.338 e. The lowest BCUT2D eigenvalue weighted by Gasteiger charge is -2.13. The number of rotatable bonds is 4. The lowest BCUT2D eigenvalue weighted by Crippen LogP contribution is -2.18. The average molecular weight is 223 g/mol. The fourth-order valence-electron chi connectivity index (χ4n) is 1.41. The Morgan fingerprint density at radius 3 is 2.62 bits per heavy atom. The van der Waals surface area contributed by atoms with Crippen LogP contribution < -0.4 is 5.73 Å². The van der Waals surface area contributed by atoms with Crippen LogP contribution in [0.15, 0.2) is 24.3 Å². The van der Waals surface area contributed by atoms with Gasteiger partial charge in [0, 0.05) is 6.04 Å². The molecule has 1 rings (SSSR count). The summed E-state index contributed by atoms with van der Waals surface area (Å²) < 4.78 is 4.59. The Labute approximate surface area is 92.8 Å². The molecule has 0 fully saturated rings. The second kappa shape index (κ2) is 5.27. The van der Waals surface area contributed by atoms with Gasteiger partial charge in [0.25, 0.3) is 0 Å². The minimum absolute atomic E-state index is 0.228. The van der Waals surface area contributed by atoms with Crippen molar-refractivity contribution in [1.82, 2.24) is 0 Å². The molecule has 0 amide bonds. The summed E-state index contributed by atoms with van der Waals surface area (Å²) in [5, 5.41) is 8.64. The predicted molar refractivity (Wildman–Crippen MR) is 57.0 cm³/mol. The minimum Gasteiger partial charge on any atom is -0.481 e. The third-order valence-electron chi connectivity index (χ3n) is 2.16. The van der Waals surface area contributed by atoms with E-state index >= 15 is 0 Å². The zero-order valence-electron chi connectivity index (χ0n) is 8.84. The van der Waals surface area contributed by atoms with Gasteiger partial charge in [0.05, 0.1) is 19.1 Å². The molecule has 0 heterocycles. The van der Waals surface area contributed by atoms with Crippen molar-refractivity contribution in [1.29, 1.82) is 0 Å². The zero-order chi connectivity index (χ0) is 12.1. The number of ether oxygens (including phenoxy) is 1. The van der Waals surface area contributed by atoms with Crippen LogP contribution in [-0.2, 0) is 9.53 Å². The summed E-state index contributed by atoms with van der Waals surface area (Å²) in [5.74, 6) is -1.52. The Morgan fingerprint density at radius 2 is 2.06 bits per heavy atom. The van der Waals surface area contributed by atoms with E-state index in [4.69, 9.17) is 10.8 Å². The molecule has 1 unspecified atom stereocenters. The van der Waals surface area contributed by atoms with Gasteiger partial charge in [0.1, 0.15) is 0 Å². The number of hydrogen-bond acceptors (Lipinski definition) is 4. The highest BCUT2D eigenvalue weighted by atomic mass is 16.5. The molecule has 0 aliphatic heterocycles. The van der Waals surface area contributed by atoms with Crippen molar-refractivity contribution in [2.75, 3.05) is 7.11 Å². The van der Waals surface area contributed by atoms with Gasteiger partial charge in [-0.15, -0.1) is 0 Å². The third kappa shape index (κ3) is 2.80. The van der Waals surface area contributed by atoms with Gasteiger partial charge in [-0.1, -0.05) is 18.2 Å². The highest BCUT2D eigenvalue weighted by Gasteiger charge is 2.18. The van der Waals surface area contributed by atoms with Crippen LogP contribution in [0, 0.1) is 0 Å². The highest BCUT2D eigenvalue weighted by Crippen LogP contribution is 2.19. The van der Waals surface area contributed by atoms with Gasteiger partial charge in [-0.3, -0.25) is 4.79 Å². The van der Waals surface area contributed by atoms with E-state index in [0.29, 0.717) is 11.1 Å². The topological polar surface area (TPSA) is 89.6 Å². The summed E-state index contributed by atoms with van der Waals surface area (Å²) in [5.41, 5.74) is 6.49. The summed E-state index contributed by atoms with van der Waals surface area (Å²) in [6, 6.07) is 5.84. The summed E-state index contributed by atoms with van der Waals surface area (Å²) in [6.45, 7) is 0. The number of nitrogens with two attached hydrogens (primary N) is 1.